The van der Waals surface area contributed by atoms with Gasteiger partial charge in [0, 0.05) is 50.9 Å². The first-order chi connectivity index (χ1) is 13.1. The van der Waals surface area contributed by atoms with Crippen molar-refractivity contribution in [3.05, 3.63) is 41.1 Å². The molecule has 6 heteroatoms. The average Bonchev–Trinajstić information content (AvgIpc) is 3.04. The fourth-order valence-corrected chi connectivity index (χ4v) is 4.33. The molecule has 0 aromatic carbocycles. The van der Waals surface area contributed by atoms with Crippen molar-refractivity contribution >= 4 is 11.7 Å². The Kier molecular flexibility index (Phi) is 4.89. The van der Waals surface area contributed by atoms with E-state index in [-0.39, 0.29) is 5.91 Å². The maximum absolute atomic E-state index is 13.1. The number of aromatic nitrogens is 3. The zero-order valence-corrected chi connectivity index (χ0v) is 16.6. The number of fused-ring (bicyclic) bond motifs is 1. The summed E-state index contributed by atoms with van der Waals surface area (Å²) >= 11 is 0. The van der Waals surface area contributed by atoms with E-state index in [9.17, 15) is 4.79 Å². The second-order valence-electron chi connectivity index (χ2n) is 7.98. The highest BCUT2D eigenvalue weighted by Gasteiger charge is 2.28. The van der Waals surface area contributed by atoms with Gasteiger partial charge in [-0.15, -0.1) is 0 Å². The number of imidazole rings is 1. The number of hydrogen-bond acceptors (Lipinski definition) is 4. The van der Waals surface area contributed by atoms with Crippen LogP contribution in [-0.4, -0.2) is 45.0 Å². The van der Waals surface area contributed by atoms with Gasteiger partial charge < -0.3 is 14.4 Å². The van der Waals surface area contributed by atoms with Crippen LogP contribution in [0, 0.1) is 0 Å². The van der Waals surface area contributed by atoms with Crippen LogP contribution in [0.5, 0.6) is 0 Å². The molecule has 2 aliphatic heterocycles. The minimum atomic E-state index is 0.118. The predicted molar refractivity (Wildman–Crippen MR) is 106 cm³/mol. The third-order valence-corrected chi connectivity index (χ3v) is 5.77. The molecule has 6 nitrogen and oxygen atoms in total. The molecule has 1 fully saturated rings. The van der Waals surface area contributed by atoms with Crippen LogP contribution >= 0.6 is 0 Å². The van der Waals surface area contributed by atoms with E-state index in [4.69, 9.17) is 4.98 Å². The molecule has 0 atom stereocenters. The van der Waals surface area contributed by atoms with Crippen LogP contribution in [0.3, 0.4) is 0 Å². The maximum Gasteiger partial charge on any atom is 0.257 e. The van der Waals surface area contributed by atoms with Crippen molar-refractivity contribution in [2.45, 2.75) is 52.0 Å². The number of nitrogens with zero attached hydrogens (tertiary/aromatic N) is 5. The van der Waals surface area contributed by atoms with Crippen molar-refractivity contribution in [2.75, 3.05) is 24.5 Å². The molecule has 0 aliphatic carbocycles. The summed E-state index contributed by atoms with van der Waals surface area (Å²) in [5.41, 5.74) is 3.16. The fourth-order valence-electron chi connectivity index (χ4n) is 4.33. The molecule has 27 heavy (non-hydrogen) atoms. The number of rotatable bonds is 3. The number of carbonyl (C=O) groups excluding carboxylic acids is 1. The molecule has 0 bridgehead atoms. The molecular formula is C21H29N5O. The summed E-state index contributed by atoms with van der Waals surface area (Å²) in [4.78, 5) is 26.8. The third-order valence-electron chi connectivity index (χ3n) is 5.77. The average molecular weight is 367 g/mol. The minimum Gasteiger partial charge on any atom is -0.350 e. The van der Waals surface area contributed by atoms with E-state index in [0.29, 0.717) is 12.5 Å². The molecule has 2 aliphatic rings. The highest BCUT2D eigenvalue weighted by Crippen LogP contribution is 2.28. The number of piperidine rings is 1. The van der Waals surface area contributed by atoms with Crippen LogP contribution in [0.1, 0.15) is 66.6 Å². The van der Waals surface area contributed by atoms with Gasteiger partial charge in [0.2, 0.25) is 0 Å². The Balaban J connectivity index is 1.61. The van der Waals surface area contributed by atoms with E-state index in [2.05, 4.69) is 35.3 Å². The first-order valence-corrected chi connectivity index (χ1v) is 10.1. The number of carbonyl (C=O) groups is 1. The predicted octanol–water partition coefficient (Wildman–Crippen LogP) is 3.13. The molecule has 4 heterocycles. The molecule has 0 saturated carbocycles. The summed E-state index contributed by atoms with van der Waals surface area (Å²) in [5.74, 6) is 2.45. The van der Waals surface area contributed by atoms with E-state index in [0.717, 1.165) is 61.8 Å². The topological polar surface area (TPSA) is 54.3 Å². The second-order valence-corrected chi connectivity index (χ2v) is 7.98. The smallest absolute Gasteiger partial charge is 0.257 e. The van der Waals surface area contributed by atoms with Gasteiger partial charge in [-0.2, -0.15) is 0 Å². The normalized spacial score (nSPS) is 17.3. The lowest BCUT2D eigenvalue weighted by Gasteiger charge is -2.31. The van der Waals surface area contributed by atoms with Crippen LogP contribution in [0.4, 0.5) is 5.82 Å². The number of anilines is 1. The van der Waals surface area contributed by atoms with Crippen LogP contribution < -0.4 is 4.90 Å². The lowest BCUT2D eigenvalue weighted by atomic mass is 10.1. The Morgan fingerprint density at radius 1 is 1.15 bits per heavy atom. The molecule has 144 valence electrons. The lowest BCUT2D eigenvalue weighted by molar-refractivity contribution is 0.0724. The largest absolute Gasteiger partial charge is 0.350 e. The first-order valence-electron chi connectivity index (χ1n) is 10.1. The van der Waals surface area contributed by atoms with E-state index < -0.39 is 0 Å². The molecule has 0 spiro atoms. The summed E-state index contributed by atoms with van der Waals surface area (Å²) in [6.45, 7) is 7.65. The van der Waals surface area contributed by atoms with Crippen molar-refractivity contribution < 1.29 is 4.79 Å². The maximum atomic E-state index is 13.1. The number of pyridine rings is 1. The summed E-state index contributed by atoms with van der Waals surface area (Å²) in [5, 5.41) is 0. The quantitative estimate of drug-likeness (QED) is 0.836. The summed E-state index contributed by atoms with van der Waals surface area (Å²) < 4.78 is 2.25. The molecule has 0 N–H and O–H groups in total. The molecule has 4 rings (SSSR count). The Morgan fingerprint density at radius 2 is 1.93 bits per heavy atom. The van der Waals surface area contributed by atoms with Gasteiger partial charge in [0.05, 0.1) is 17.8 Å². The lowest BCUT2D eigenvalue weighted by Crippen LogP contribution is -2.38. The molecule has 2 aromatic heterocycles. The Hall–Kier alpha value is -2.37. The minimum absolute atomic E-state index is 0.118. The van der Waals surface area contributed by atoms with Crippen LogP contribution in [0.2, 0.25) is 0 Å². The molecule has 0 radical (unpaired) electrons. The summed E-state index contributed by atoms with van der Waals surface area (Å²) in [6.07, 6.45) is 6.13. The second kappa shape index (κ2) is 7.33. The van der Waals surface area contributed by atoms with Gasteiger partial charge >= 0.3 is 0 Å². The molecule has 1 amide bonds. The third kappa shape index (κ3) is 3.33. The Morgan fingerprint density at radius 3 is 2.67 bits per heavy atom. The van der Waals surface area contributed by atoms with E-state index >= 15 is 0 Å². The Labute approximate surface area is 161 Å². The zero-order chi connectivity index (χ0) is 19.0. The van der Waals surface area contributed by atoms with Crippen LogP contribution in [-0.2, 0) is 20.0 Å². The van der Waals surface area contributed by atoms with Crippen LogP contribution in [0.15, 0.2) is 18.3 Å². The van der Waals surface area contributed by atoms with Gasteiger partial charge in [0.1, 0.15) is 11.6 Å². The van der Waals surface area contributed by atoms with Gasteiger partial charge in [-0.25, -0.2) is 9.97 Å². The van der Waals surface area contributed by atoms with Crippen LogP contribution in [0.25, 0.3) is 0 Å². The van der Waals surface area contributed by atoms with Gasteiger partial charge in [0.25, 0.3) is 5.91 Å². The molecular weight excluding hydrogens is 338 g/mol. The molecule has 0 unspecified atom stereocenters. The standard InChI is InChI=1S/C21H29N5O/c1-15(2)19-23-17-14-26(13-9-18(17)24(19)3)20-16(8-7-10-22-20)21(27)25-11-5-4-6-12-25/h7-8,10,15H,4-6,9,11-14H2,1-3H3. The number of likely N-dealkylation sites (tertiary alicyclic amines) is 1. The van der Waals surface area contributed by atoms with E-state index in [1.54, 1.807) is 6.20 Å². The highest BCUT2D eigenvalue weighted by atomic mass is 16.2. The van der Waals surface area contributed by atoms with Gasteiger partial charge in [0.15, 0.2) is 0 Å². The summed E-state index contributed by atoms with van der Waals surface area (Å²) in [6, 6.07) is 3.79. The number of hydrogen-bond donors (Lipinski definition) is 0. The molecule has 2 aromatic rings. The fraction of sp³-hybridized carbons (Fsp3) is 0.571. The molecule has 1 saturated heterocycles. The van der Waals surface area contributed by atoms with Gasteiger partial charge in [-0.3, -0.25) is 4.79 Å². The van der Waals surface area contributed by atoms with Crippen molar-refractivity contribution in [2.24, 2.45) is 7.05 Å². The zero-order valence-electron chi connectivity index (χ0n) is 16.6. The van der Waals surface area contributed by atoms with Gasteiger partial charge in [-0.05, 0) is 31.4 Å². The summed E-state index contributed by atoms with van der Waals surface area (Å²) in [7, 11) is 2.11. The number of amides is 1. The SMILES string of the molecule is CC(C)c1nc2c(n1C)CCN(c1ncccc1C(=O)N1CCCCC1)C2. The van der Waals surface area contributed by atoms with Crippen molar-refractivity contribution in [1.82, 2.24) is 19.4 Å². The first kappa shape index (κ1) is 18.0. The van der Waals surface area contributed by atoms with Crippen molar-refractivity contribution in [3.8, 4) is 0 Å². The van der Waals surface area contributed by atoms with E-state index in [1.807, 2.05) is 17.0 Å². The van der Waals surface area contributed by atoms with Gasteiger partial charge in [-0.1, -0.05) is 13.8 Å². The monoisotopic (exact) mass is 367 g/mol. The highest BCUT2D eigenvalue weighted by molar-refractivity contribution is 5.99. The van der Waals surface area contributed by atoms with E-state index in [1.165, 1.54) is 12.1 Å². The Bertz CT molecular complexity index is 835. The van der Waals surface area contributed by atoms with Crippen molar-refractivity contribution in [3.63, 3.8) is 0 Å². The van der Waals surface area contributed by atoms with Crippen molar-refractivity contribution in [1.29, 1.82) is 0 Å².